The van der Waals surface area contributed by atoms with Gasteiger partial charge in [-0.05, 0) is 37.5 Å². The highest BCUT2D eigenvalue weighted by molar-refractivity contribution is 5.86. The zero-order chi connectivity index (χ0) is 8.25. The van der Waals surface area contributed by atoms with Crippen LogP contribution in [0.4, 0.5) is 0 Å². The molecule has 4 aliphatic carbocycles. The molecule has 0 radical (unpaired) electrons. The number of ether oxygens (including phenoxy) is 1. The Morgan fingerprint density at radius 3 is 2.42 bits per heavy atom. The van der Waals surface area contributed by atoms with Gasteiger partial charge in [-0.1, -0.05) is 0 Å². The maximum atomic E-state index is 11.3. The first-order valence-corrected chi connectivity index (χ1v) is 4.85. The standard InChI is InChI=1S/C10H12O2/c1-3(11)10(2)8-6-4-5(6)7(4)9(8)12-10/h4-9H,1-2H3. The number of ketones is 1. The molecule has 5 atom stereocenters. The fourth-order valence-corrected chi connectivity index (χ4v) is 3.95. The molecule has 0 spiro atoms. The van der Waals surface area contributed by atoms with Crippen LogP contribution in [0.3, 0.4) is 0 Å². The molecule has 0 aromatic carbocycles. The molecule has 1 heterocycles. The van der Waals surface area contributed by atoms with Crippen molar-refractivity contribution in [2.24, 2.45) is 29.6 Å². The van der Waals surface area contributed by atoms with Gasteiger partial charge in [-0.3, -0.25) is 4.79 Å². The van der Waals surface area contributed by atoms with E-state index in [2.05, 4.69) is 0 Å². The summed E-state index contributed by atoms with van der Waals surface area (Å²) in [6.45, 7) is 3.65. The van der Waals surface area contributed by atoms with Crippen molar-refractivity contribution in [3.05, 3.63) is 0 Å². The van der Waals surface area contributed by atoms with E-state index in [1.165, 1.54) is 0 Å². The Kier molecular flexibility index (Phi) is 0.661. The SMILES string of the molecule is CC(=O)C1(C)OC2C3C4C3C4C21. The third-order valence-electron chi connectivity index (χ3n) is 4.80. The maximum Gasteiger partial charge on any atom is 0.161 e. The van der Waals surface area contributed by atoms with E-state index in [1.54, 1.807) is 6.92 Å². The van der Waals surface area contributed by atoms with Crippen LogP contribution in [0, 0.1) is 29.6 Å². The van der Waals surface area contributed by atoms with Gasteiger partial charge in [-0.2, -0.15) is 0 Å². The number of rotatable bonds is 1. The second-order valence-electron chi connectivity index (χ2n) is 5.08. The number of hydrogen-bond donors (Lipinski definition) is 0. The van der Waals surface area contributed by atoms with Crippen molar-refractivity contribution < 1.29 is 9.53 Å². The van der Waals surface area contributed by atoms with Gasteiger partial charge in [0.2, 0.25) is 0 Å². The minimum Gasteiger partial charge on any atom is -0.363 e. The van der Waals surface area contributed by atoms with Crippen molar-refractivity contribution in [1.82, 2.24) is 0 Å². The normalized spacial score (nSPS) is 74.2. The summed E-state index contributed by atoms with van der Waals surface area (Å²) in [6.07, 6.45) is 0.485. The summed E-state index contributed by atoms with van der Waals surface area (Å²) >= 11 is 0. The van der Waals surface area contributed by atoms with Gasteiger partial charge in [0, 0.05) is 5.92 Å². The Morgan fingerprint density at radius 2 is 1.92 bits per heavy atom. The number of carbonyl (C=O) groups is 1. The molecule has 5 aliphatic rings. The van der Waals surface area contributed by atoms with E-state index < -0.39 is 0 Å². The van der Waals surface area contributed by atoms with Crippen LogP contribution in [0.15, 0.2) is 0 Å². The lowest BCUT2D eigenvalue weighted by Gasteiger charge is -2.48. The number of carbonyl (C=O) groups excluding carboxylic acids is 1. The Morgan fingerprint density at radius 1 is 1.25 bits per heavy atom. The van der Waals surface area contributed by atoms with Crippen LogP contribution in [0.25, 0.3) is 0 Å². The van der Waals surface area contributed by atoms with Gasteiger partial charge < -0.3 is 4.74 Å². The van der Waals surface area contributed by atoms with Crippen molar-refractivity contribution in [3.8, 4) is 0 Å². The van der Waals surface area contributed by atoms with Gasteiger partial charge in [0.05, 0.1) is 6.10 Å². The Hall–Kier alpha value is -0.370. The summed E-state index contributed by atoms with van der Waals surface area (Å²) in [5.41, 5.74) is -0.381. The average Bonchev–Trinajstić information content (AvgIpc) is 2.80. The summed E-state index contributed by atoms with van der Waals surface area (Å²) in [5.74, 6) is 4.59. The van der Waals surface area contributed by atoms with Crippen molar-refractivity contribution in [2.75, 3.05) is 0 Å². The molecule has 5 rings (SSSR count). The molecule has 5 fully saturated rings. The Labute approximate surface area is 71.3 Å². The van der Waals surface area contributed by atoms with Crippen molar-refractivity contribution in [3.63, 3.8) is 0 Å². The summed E-state index contributed by atoms with van der Waals surface area (Å²) in [5, 5.41) is 0. The first kappa shape index (κ1) is 6.14. The minimum absolute atomic E-state index is 0.232. The van der Waals surface area contributed by atoms with Crippen LogP contribution in [0.1, 0.15) is 13.8 Å². The fraction of sp³-hybridized carbons (Fsp3) is 0.900. The average molecular weight is 164 g/mol. The first-order valence-electron chi connectivity index (χ1n) is 4.85. The van der Waals surface area contributed by atoms with E-state index >= 15 is 0 Å². The van der Waals surface area contributed by atoms with Gasteiger partial charge in [0.15, 0.2) is 5.78 Å². The van der Waals surface area contributed by atoms with Gasteiger partial charge in [-0.15, -0.1) is 0 Å². The van der Waals surface area contributed by atoms with Gasteiger partial charge in [0.25, 0.3) is 0 Å². The first-order chi connectivity index (χ1) is 5.66. The second-order valence-corrected chi connectivity index (χ2v) is 5.08. The molecule has 2 bridgehead atoms. The molecule has 2 nitrogen and oxygen atoms in total. The van der Waals surface area contributed by atoms with E-state index in [-0.39, 0.29) is 11.4 Å². The molecule has 0 amide bonds. The summed E-state index contributed by atoms with van der Waals surface area (Å²) < 4.78 is 5.74. The van der Waals surface area contributed by atoms with Crippen LogP contribution in [-0.4, -0.2) is 17.5 Å². The molecule has 0 aromatic heterocycles. The van der Waals surface area contributed by atoms with Gasteiger partial charge in [0.1, 0.15) is 5.60 Å². The quantitative estimate of drug-likeness (QED) is 0.574. The van der Waals surface area contributed by atoms with E-state index in [0.29, 0.717) is 12.0 Å². The zero-order valence-corrected chi connectivity index (χ0v) is 7.28. The largest absolute Gasteiger partial charge is 0.363 e. The van der Waals surface area contributed by atoms with Crippen LogP contribution < -0.4 is 0 Å². The Bertz CT molecular complexity index is 301. The van der Waals surface area contributed by atoms with E-state index in [1.807, 2.05) is 6.92 Å². The van der Waals surface area contributed by atoms with Crippen LogP contribution in [0.5, 0.6) is 0 Å². The predicted molar refractivity (Wildman–Crippen MR) is 41.4 cm³/mol. The summed E-state index contributed by atoms with van der Waals surface area (Å²) in [7, 11) is 0. The van der Waals surface area contributed by atoms with E-state index in [0.717, 1.165) is 23.7 Å². The molecule has 0 N–H and O–H groups in total. The van der Waals surface area contributed by atoms with Crippen LogP contribution in [-0.2, 0) is 9.53 Å². The van der Waals surface area contributed by atoms with Crippen LogP contribution >= 0.6 is 0 Å². The highest BCUT2D eigenvalue weighted by Crippen LogP contribution is 2.88. The molecule has 2 heteroatoms. The molecule has 1 saturated heterocycles. The molecule has 0 aromatic rings. The lowest BCUT2D eigenvalue weighted by atomic mass is 9.77. The third-order valence-corrected chi connectivity index (χ3v) is 4.80. The van der Waals surface area contributed by atoms with Crippen molar-refractivity contribution in [2.45, 2.75) is 25.6 Å². The second kappa shape index (κ2) is 1.29. The number of hydrogen-bond acceptors (Lipinski definition) is 2. The fourth-order valence-electron chi connectivity index (χ4n) is 3.95. The summed E-state index contributed by atoms with van der Waals surface area (Å²) in [6, 6.07) is 0. The lowest BCUT2D eigenvalue weighted by Crippen LogP contribution is -2.60. The molecule has 5 unspecified atom stereocenters. The topological polar surface area (TPSA) is 26.3 Å². The summed E-state index contributed by atoms with van der Waals surface area (Å²) in [4.78, 5) is 11.3. The Balaban J connectivity index is 1.74. The molecular formula is C10H12O2. The molecule has 12 heavy (non-hydrogen) atoms. The number of Topliss-reactive ketones (excluding diaryl/α,β-unsaturated/α-hetero) is 1. The molecule has 4 saturated carbocycles. The zero-order valence-electron chi connectivity index (χ0n) is 7.28. The van der Waals surface area contributed by atoms with Crippen molar-refractivity contribution >= 4 is 5.78 Å². The van der Waals surface area contributed by atoms with E-state index in [9.17, 15) is 4.79 Å². The molecule has 64 valence electrons. The molecular weight excluding hydrogens is 152 g/mol. The third kappa shape index (κ3) is 0.360. The maximum absolute atomic E-state index is 11.3. The van der Waals surface area contributed by atoms with Crippen molar-refractivity contribution in [1.29, 1.82) is 0 Å². The highest BCUT2D eigenvalue weighted by Gasteiger charge is 2.90. The molecule has 1 aliphatic heterocycles. The monoisotopic (exact) mass is 164 g/mol. The van der Waals surface area contributed by atoms with E-state index in [4.69, 9.17) is 4.74 Å². The lowest BCUT2D eigenvalue weighted by molar-refractivity contribution is -0.230. The highest BCUT2D eigenvalue weighted by atomic mass is 16.5. The van der Waals surface area contributed by atoms with Gasteiger partial charge >= 0.3 is 0 Å². The predicted octanol–water partition coefficient (Wildman–Crippen LogP) is 0.855. The smallest absolute Gasteiger partial charge is 0.161 e. The minimum atomic E-state index is -0.381. The van der Waals surface area contributed by atoms with Gasteiger partial charge in [-0.25, -0.2) is 0 Å². The van der Waals surface area contributed by atoms with Crippen LogP contribution in [0.2, 0.25) is 0 Å².